The van der Waals surface area contributed by atoms with Gasteiger partial charge in [0, 0.05) is 11.8 Å². The average Bonchev–Trinajstić information content (AvgIpc) is 2.75. The molecule has 0 saturated carbocycles. The number of ether oxygens (including phenoxy) is 1. The van der Waals surface area contributed by atoms with Gasteiger partial charge in [0.05, 0.1) is 16.1 Å². The number of benzene rings is 3. The molecule has 3 rings (SSSR count). The van der Waals surface area contributed by atoms with E-state index in [-0.39, 0.29) is 16.1 Å². The van der Waals surface area contributed by atoms with Crippen molar-refractivity contribution in [3.63, 3.8) is 0 Å². The fraction of sp³-hybridized carbons (Fsp3) is 0.0476. The maximum Gasteiger partial charge on any atom is 0.338 e. The van der Waals surface area contributed by atoms with Crippen molar-refractivity contribution in [2.24, 2.45) is 0 Å². The van der Waals surface area contributed by atoms with Crippen molar-refractivity contribution in [1.82, 2.24) is 0 Å². The van der Waals surface area contributed by atoms with Crippen molar-refractivity contribution in [3.8, 4) is 0 Å². The first-order chi connectivity index (χ1) is 14.7. The highest BCUT2D eigenvalue weighted by Crippen LogP contribution is 2.17. The summed E-state index contributed by atoms with van der Waals surface area (Å²) >= 11 is 0. The van der Waals surface area contributed by atoms with Gasteiger partial charge < -0.3 is 10.1 Å². The van der Waals surface area contributed by atoms with Gasteiger partial charge in [0.25, 0.3) is 15.9 Å². The van der Waals surface area contributed by atoms with Crippen molar-refractivity contribution in [2.45, 2.75) is 4.90 Å². The standard InChI is InChI=1S/C21H16F2N2O5S/c22-15-8-11-18(23)19(12-15)24-20(26)13-30-21(27)14-6-9-17(10-7-14)31(28,29)25-16-4-2-1-3-5-16/h1-12,25H,13H2,(H,24,26). The lowest BCUT2D eigenvalue weighted by atomic mass is 10.2. The van der Waals surface area contributed by atoms with Gasteiger partial charge in [0.15, 0.2) is 6.61 Å². The van der Waals surface area contributed by atoms with Crippen LogP contribution in [0.5, 0.6) is 0 Å². The van der Waals surface area contributed by atoms with E-state index >= 15 is 0 Å². The summed E-state index contributed by atoms with van der Waals surface area (Å²) in [5.74, 6) is -3.36. The van der Waals surface area contributed by atoms with Crippen molar-refractivity contribution in [1.29, 1.82) is 0 Å². The van der Waals surface area contributed by atoms with Crippen LogP contribution in [0.4, 0.5) is 20.2 Å². The Morgan fingerprint density at radius 2 is 1.58 bits per heavy atom. The Morgan fingerprint density at radius 1 is 0.903 bits per heavy atom. The first-order valence-electron chi connectivity index (χ1n) is 8.84. The molecule has 0 fully saturated rings. The van der Waals surface area contributed by atoms with Crippen LogP contribution in [0.1, 0.15) is 10.4 Å². The largest absolute Gasteiger partial charge is 0.452 e. The Balaban J connectivity index is 1.58. The minimum atomic E-state index is -3.86. The molecule has 3 aromatic carbocycles. The molecule has 1 amide bonds. The van der Waals surface area contributed by atoms with Crippen LogP contribution in [0.2, 0.25) is 0 Å². The number of esters is 1. The van der Waals surface area contributed by atoms with Crippen molar-refractivity contribution < 1.29 is 31.5 Å². The second-order valence-electron chi connectivity index (χ2n) is 6.24. The fourth-order valence-corrected chi connectivity index (χ4v) is 3.54. The highest BCUT2D eigenvalue weighted by atomic mass is 32.2. The molecule has 31 heavy (non-hydrogen) atoms. The van der Waals surface area contributed by atoms with Gasteiger partial charge in [-0.1, -0.05) is 18.2 Å². The first-order valence-corrected chi connectivity index (χ1v) is 10.3. The lowest BCUT2D eigenvalue weighted by Gasteiger charge is -2.09. The molecule has 3 aromatic rings. The van der Waals surface area contributed by atoms with Gasteiger partial charge in [0.1, 0.15) is 11.6 Å². The maximum absolute atomic E-state index is 13.5. The highest BCUT2D eigenvalue weighted by Gasteiger charge is 2.17. The number of sulfonamides is 1. The third kappa shape index (κ3) is 5.86. The van der Waals surface area contributed by atoms with Gasteiger partial charge in [-0.15, -0.1) is 0 Å². The Morgan fingerprint density at radius 3 is 2.26 bits per heavy atom. The summed E-state index contributed by atoms with van der Waals surface area (Å²) in [6.07, 6.45) is 0. The van der Waals surface area contributed by atoms with E-state index in [9.17, 15) is 26.8 Å². The second kappa shape index (κ2) is 9.35. The number of carbonyl (C=O) groups excluding carboxylic acids is 2. The Hall–Kier alpha value is -3.79. The highest BCUT2D eigenvalue weighted by molar-refractivity contribution is 7.92. The molecule has 0 unspecified atom stereocenters. The Kier molecular flexibility index (Phi) is 6.61. The number of carbonyl (C=O) groups is 2. The van der Waals surface area contributed by atoms with Crippen LogP contribution in [0, 0.1) is 11.6 Å². The minimum Gasteiger partial charge on any atom is -0.452 e. The number of hydrogen-bond donors (Lipinski definition) is 2. The van der Waals surface area contributed by atoms with Crippen LogP contribution in [-0.4, -0.2) is 26.9 Å². The zero-order valence-electron chi connectivity index (χ0n) is 15.8. The van der Waals surface area contributed by atoms with Crippen LogP contribution >= 0.6 is 0 Å². The molecule has 10 heteroatoms. The number of hydrogen-bond acceptors (Lipinski definition) is 5. The topological polar surface area (TPSA) is 102 Å². The van der Waals surface area contributed by atoms with Gasteiger partial charge in [-0.2, -0.15) is 0 Å². The van der Waals surface area contributed by atoms with E-state index in [0.29, 0.717) is 5.69 Å². The second-order valence-corrected chi connectivity index (χ2v) is 7.93. The molecular formula is C21H16F2N2O5S. The molecule has 0 spiro atoms. The summed E-state index contributed by atoms with van der Waals surface area (Å²) in [5.41, 5.74) is -0.00310. The van der Waals surface area contributed by atoms with Gasteiger partial charge in [-0.25, -0.2) is 22.0 Å². The third-order valence-corrected chi connectivity index (χ3v) is 5.36. The minimum absolute atomic E-state index is 0.00315. The molecule has 0 heterocycles. The molecule has 7 nitrogen and oxygen atoms in total. The predicted octanol–water partition coefficient (Wildman–Crippen LogP) is 3.56. The summed E-state index contributed by atoms with van der Waals surface area (Å²) in [7, 11) is -3.86. The third-order valence-electron chi connectivity index (χ3n) is 3.96. The molecule has 0 saturated heterocycles. The summed E-state index contributed by atoms with van der Waals surface area (Å²) < 4.78 is 58.6. The fourth-order valence-electron chi connectivity index (χ4n) is 2.48. The van der Waals surface area contributed by atoms with Gasteiger partial charge >= 0.3 is 5.97 Å². The quantitative estimate of drug-likeness (QED) is 0.541. The van der Waals surface area contributed by atoms with E-state index in [1.165, 1.54) is 24.3 Å². The molecule has 0 bridgehead atoms. The van der Waals surface area contributed by atoms with E-state index in [1.807, 2.05) is 0 Å². The van der Waals surface area contributed by atoms with Crippen LogP contribution in [0.25, 0.3) is 0 Å². The van der Waals surface area contributed by atoms with Gasteiger partial charge in [-0.3, -0.25) is 9.52 Å². The van der Waals surface area contributed by atoms with Crippen LogP contribution in [0.15, 0.2) is 77.7 Å². The van der Waals surface area contributed by atoms with Crippen molar-refractivity contribution >= 4 is 33.3 Å². The van der Waals surface area contributed by atoms with E-state index in [1.54, 1.807) is 30.3 Å². The molecular weight excluding hydrogens is 430 g/mol. The molecule has 160 valence electrons. The van der Waals surface area contributed by atoms with E-state index in [2.05, 4.69) is 10.0 Å². The zero-order valence-corrected chi connectivity index (χ0v) is 16.7. The van der Waals surface area contributed by atoms with Crippen molar-refractivity contribution in [3.05, 3.63) is 90.0 Å². The molecule has 0 aliphatic heterocycles. The van der Waals surface area contributed by atoms with Crippen LogP contribution in [0.3, 0.4) is 0 Å². The van der Waals surface area contributed by atoms with Gasteiger partial charge in [-0.05, 0) is 48.5 Å². The molecule has 0 radical (unpaired) electrons. The molecule has 2 N–H and O–H groups in total. The lowest BCUT2D eigenvalue weighted by molar-refractivity contribution is -0.119. The SMILES string of the molecule is O=C(COC(=O)c1ccc(S(=O)(=O)Nc2ccccc2)cc1)Nc1cc(F)ccc1F. The van der Waals surface area contributed by atoms with E-state index < -0.39 is 40.1 Å². The summed E-state index contributed by atoms with van der Waals surface area (Å²) in [6.45, 7) is -0.746. The monoisotopic (exact) mass is 446 g/mol. The molecule has 0 atom stereocenters. The Labute approximate surface area is 176 Å². The number of halogens is 2. The van der Waals surface area contributed by atoms with Gasteiger partial charge in [0.2, 0.25) is 0 Å². The summed E-state index contributed by atoms with van der Waals surface area (Å²) in [4.78, 5) is 23.8. The summed E-state index contributed by atoms with van der Waals surface area (Å²) in [5, 5.41) is 2.09. The number of para-hydroxylation sites is 1. The summed E-state index contributed by atoms with van der Waals surface area (Å²) in [6, 6.07) is 15.7. The average molecular weight is 446 g/mol. The number of rotatable bonds is 7. The first kappa shape index (κ1) is 21.9. The normalized spacial score (nSPS) is 10.9. The molecule has 0 aliphatic rings. The Bertz CT molecular complexity index is 1200. The number of anilines is 2. The number of amides is 1. The molecule has 0 aliphatic carbocycles. The smallest absolute Gasteiger partial charge is 0.338 e. The predicted molar refractivity (Wildman–Crippen MR) is 109 cm³/mol. The molecule has 0 aromatic heterocycles. The van der Waals surface area contributed by atoms with E-state index in [4.69, 9.17) is 4.74 Å². The van der Waals surface area contributed by atoms with E-state index in [0.717, 1.165) is 18.2 Å². The lowest BCUT2D eigenvalue weighted by Crippen LogP contribution is -2.21. The van der Waals surface area contributed by atoms with Crippen LogP contribution in [-0.2, 0) is 19.6 Å². The number of nitrogens with one attached hydrogen (secondary N) is 2. The van der Waals surface area contributed by atoms with Crippen LogP contribution < -0.4 is 10.0 Å². The maximum atomic E-state index is 13.5. The van der Waals surface area contributed by atoms with Crippen molar-refractivity contribution in [2.75, 3.05) is 16.6 Å². The zero-order chi connectivity index (χ0) is 22.4.